The number of halogens is 1. The molecule has 1 aliphatic rings. The Kier molecular flexibility index (Phi) is 5.75. The van der Waals surface area contributed by atoms with Crippen LogP contribution in [0.25, 0.3) is 0 Å². The van der Waals surface area contributed by atoms with Gasteiger partial charge in [0.1, 0.15) is 0 Å². The van der Waals surface area contributed by atoms with E-state index in [0.29, 0.717) is 23.8 Å². The lowest BCUT2D eigenvalue weighted by Gasteiger charge is -2.25. The quantitative estimate of drug-likeness (QED) is 0.609. The summed E-state index contributed by atoms with van der Waals surface area (Å²) in [6, 6.07) is 0. The summed E-state index contributed by atoms with van der Waals surface area (Å²) < 4.78 is 5.48. The van der Waals surface area contributed by atoms with Gasteiger partial charge in [-0.25, -0.2) is 0 Å². The number of ether oxygens (including phenoxy) is 1. The van der Waals surface area contributed by atoms with Gasteiger partial charge < -0.3 is 9.84 Å². The molecule has 82 valence electrons. The molecule has 0 saturated carbocycles. The molecule has 0 aliphatic heterocycles. The predicted molar refractivity (Wildman–Crippen MR) is 61.6 cm³/mol. The maximum Gasteiger partial charge on any atom is 0.0870 e. The third-order valence-corrected chi connectivity index (χ3v) is 3.49. The van der Waals surface area contributed by atoms with Gasteiger partial charge in [-0.15, -0.1) is 0 Å². The van der Waals surface area contributed by atoms with Crippen LogP contribution in [0.3, 0.4) is 0 Å². The van der Waals surface area contributed by atoms with E-state index in [4.69, 9.17) is 4.74 Å². The van der Waals surface area contributed by atoms with E-state index in [1.165, 1.54) is 0 Å². The van der Waals surface area contributed by atoms with Crippen molar-refractivity contribution in [3.63, 3.8) is 0 Å². The van der Waals surface area contributed by atoms with Crippen LogP contribution in [0.5, 0.6) is 0 Å². The van der Waals surface area contributed by atoms with Crippen molar-refractivity contribution in [2.24, 2.45) is 11.8 Å². The summed E-state index contributed by atoms with van der Waals surface area (Å²) in [5, 5.41) is 9.86. The van der Waals surface area contributed by atoms with E-state index in [9.17, 15) is 5.11 Å². The molecular formula is C11H19BrO2. The van der Waals surface area contributed by atoms with Crippen LogP contribution in [0.2, 0.25) is 0 Å². The van der Waals surface area contributed by atoms with Crippen LogP contribution in [0.4, 0.5) is 0 Å². The van der Waals surface area contributed by atoms with E-state index in [0.717, 1.165) is 19.4 Å². The normalized spacial score (nSPS) is 29.1. The molecule has 0 radical (unpaired) electrons. The second-order valence-electron chi connectivity index (χ2n) is 4.03. The van der Waals surface area contributed by atoms with Crippen molar-refractivity contribution in [3.8, 4) is 0 Å². The van der Waals surface area contributed by atoms with Crippen molar-refractivity contribution < 1.29 is 9.84 Å². The monoisotopic (exact) mass is 262 g/mol. The third-order valence-electron chi connectivity index (χ3n) is 2.74. The second-order valence-corrected chi connectivity index (χ2v) is 4.67. The second kappa shape index (κ2) is 6.59. The first kappa shape index (κ1) is 12.2. The van der Waals surface area contributed by atoms with E-state index < -0.39 is 0 Å². The Labute approximate surface area is 94.5 Å². The first-order valence-corrected chi connectivity index (χ1v) is 6.33. The zero-order valence-electron chi connectivity index (χ0n) is 8.66. The van der Waals surface area contributed by atoms with Crippen molar-refractivity contribution >= 4 is 15.9 Å². The number of rotatable bonds is 5. The average Bonchev–Trinajstić information content (AvgIpc) is 2.20. The highest BCUT2D eigenvalue weighted by Crippen LogP contribution is 2.24. The summed E-state index contributed by atoms with van der Waals surface area (Å²) in [7, 11) is 0. The molecule has 1 rings (SSSR count). The topological polar surface area (TPSA) is 29.5 Å². The highest BCUT2D eigenvalue weighted by molar-refractivity contribution is 9.09. The molecule has 3 atom stereocenters. The summed E-state index contributed by atoms with van der Waals surface area (Å²) in [5.74, 6) is 1.34. The lowest BCUT2D eigenvalue weighted by molar-refractivity contribution is 0.0219. The van der Waals surface area contributed by atoms with Gasteiger partial charge in [-0.3, -0.25) is 0 Å². The van der Waals surface area contributed by atoms with Crippen LogP contribution in [-0.4, -0.2) is 29.8 Å². The summed E-state index contributed by atoms with van der Waals surface area (Å²) in [4.78, 5) is 0. The first-order valence-electron chi connectivity index (χ1n) is 5.20. The smallest absolute Gasteiger partial charge is 0.0870 e. The predicted octanol–water partition coefficient (Wildman–Crippen LogP) is 2.36. The fourth-order valence-electron chi connectivity index (χ4n) is 1.64. The van der Waals surface area contributed by atoms with Crippen LogP contribution in [-0.2, 0) is 4.74 Å². The van der Waals surface area contributed by atoms with E-state index in [1.807, 2.05) is 0 Å². The Hall–Kier alpha value is 0.140. The maximum atomic E-state index is 9.27. The zero-order chi connectivity index (χ0) is 10.4. The van der Waals surface area contributed by atoms with Crippen molar-refractivity contribution in [1.82, 2.24) is 0 Å². The Bertz CT molecular complexity index is 182. The van der Waals surface area contributed by atoms with Crippen LogP contribution in [0.15, 0.2) is 12.2 Å². The molecule has 0 heterocycles. The Morgan fingerprint density at radius 3 is 2.86 bits per heavy atom. The molecule has 0 aromatic heterocycles. The first-order chi connectivity index (χ1) is 6.74. The minimum absolute atomic E-state index is 0.371. The molecule has 0 spiro atoms. The van der Waals surface area contributed by atoms with Gasteiger partial charge in [0.2, 0.25) is 0 Å². The van der Waals surface area contributed by atoms with Crippen molar-refractivity contribution in [2.45, 2.75) is 25.9 Å². The van der Waals surface area contributed by atoms with E-state index in [2.05, 4.69) is 35.0 Å². The molecule has 0 bridgehead atoms. The van der Waals surface area contributed by atoms with Gasteiger partial charge in [-0.1, -0.05) is 35.0 Å². The van der Waals surface area contributed by atoms with Gasteiger partial charge >= 0.3 is 0 Å². The van der Waals surface area contributed by atoms with E-state index in [-0.39, 0.29) is 6.10 Å². The number of aliphatic hydroxyl groups is 1. The molecule has 14 heavy (non-hydrogen) atoms. The summed E-state index contributed by atoms with van der Waals surface area (Å²) in [6.07, 6.45) is 6.38. The van der Waals surface area contributed by atoms with Crippen LogP contribution < -0.4 is 0 Å². The standard InChI is InChI=1S/C11H19BrO2/c1-9-4-2-3-5-10(9)7-14-8-11(13)6-12/h2-3,9-11,13H,4-8H2,1H3. The molecule has 0 amide bonds. The zero-order valence-corrected chi connectivity index (χ0v) is 10.2. The van der Waals surface area contributed by atoms with E-state index >= 15 is 0 Å². The van der Waals surface area contributed by atoms with Crippen molar-refractivity contribution in [3.05, 3.63) is 12.2 Å². The number of hydrogen-bond acceptors (Lipinski definition) is 2. The summed E-state index contributed by atoms with van der Waals surface area (Å²) in [6.45, 7) is 3.48. The summed E-state index contributed by atoms with van der Waals surface area (Å²) in [5.41, 5.74) is 0. The Balaban J connectivity index is 2.14. The average molecular weight is 263 g/mol. The van der Waals surface area contributed by atoms with Gasteiger partial charge in [0.25, 0.3) is 0 Å². The van der Waals surface area contributed by atoms with Gasteiger partial charge in [0.15, 0.2) is 0 Å². The molecule has 2 nitrogen and oxygen atoms in total. The molecule has 0 saturated heterocycles. The number of hydrogen-bond donors (Lipinski definition) is 1. The number of alkyl halides is 1. The van der Waals surface area contributed by atoms with Crippen molar-refractivity contribution in [1.29, 1.82) is 0 Å². The molecular weight excluding hydrogens is 244 g/mol. The molecule has 0 fully saturated rings. The molecule has 3 unspecified atom stereocenters. The number of aliphatic hydroxyl groups excluding tert-OH is 1. The minimum Gasteiger partial charge on any atom is -0.390 e. The number of allylic oxidation sites excluding steroid dienone is 2. The highest BCUT2D eigenvalue weighted by Gasteiger charge is 2.18. The fourth-order valence-corrected chi connectivity index (χ4v) is 1.83. The molecule has 0 aromatic carbocycles. The van der Waals surface area contributed by atoms with Gasteiger partial charge in [0.05, 0.1) is 19.3 Å². The molecule has 3 heteroatoms. The minimum atomic E-state index is -0.371. The summed E-state index contributed by atoms with van der Waals surface area (Å²) >= 11 is 3.21. The molecule has 1 aliphatic carbocycles. The van der Waals surface area contributed by atoms with Gasteiger partial charge in [-0.05, 0) is 24.7 Å². The van der Waals surface area contributed by atoms with Crippen LogP contribution >= 0.6 is 15.9 Å². The van der Waals surface area contributed by atoms with Crippen molar-refractivity contribution in [2.75, 3.05) is 18.5 Å². The largest absolute Gasteiger partial charge is 0.390 e. The lowest BCUT2D eigenvalue weighted by Crippen LogP contribution is -2.23. The third kappa shape index (κ3) is 4.11. The Morgan fingerprint density at radius 1 is 1.50 bits per heavy atom. The molecule has 1 N–H and O–H groups in total. The lowest BCUT2D eigenvalue weighted by atomic mass is 9.85. The van der Waals surface area contributed by atoms with Gasteiger partial charge in [0, 0.05) is 5.33 Å². The highest BCUT2D eigenvalue weighted by atomic mass is 79.9. The van der Waals surface area contributed by atoms with Gasteiger partial charge in [-0.2, -0.15) is 0 Å². The van der Waals surface area contributed by atoms with E-state index in [1.54, 1.807) is 0 Å². The Morgan fingerprint density at radius 2 is 2.21 bits per heavy atom. The maximum absolute atomic E-state index is 9.27. The SMILES string of the molecule is CC1CC=CCC1COCC(O)CBr. The van der Waals surface area contributed by atoms with Crippen LogP contribution in [0.1, 0.15) is 19.8 Å². The fraction of sp³-hybridized carbons (Fsp3) is 0.818. The van der Waals surface area contributed by atoms with Crippen LogP contribution in [0, 0.1) is 11.8 Å². The molecule has 0 aromatic rings.